The van der Waals surface area contributed by atoms with E-state index in [9.17, 15) is 8.42 Å². The van der Waals surface area contributed by atoms with E-state index >= 15 is 0 Å². The summed E-state index contributed by atoms with van der Waals surface area (Å²) in [5.41, 5.74) is 3.96. The van der Waals surface area contributed by atoms with Crippen molar-refractivity contribution in [2.45, 2.75) is 63.2 Å². The van der Waals surface area contributed by atoms with Gasteiger partial charge in [0.25, 0.3) is 5.95 Å². The van der Waals surface area contributed by atoms with Crippen LogP contribution in [0.4, 0.5) is 5.95 Å². The summed E-state index contributed by atoms with van der Waals surface area (Å²) in [5.74, 6) is 2.52. The van der Waals surface area contributed by atoms with E-state index in [1.807, 2.05) is 38.1 Å². The summed E-state index contributed by atoms with van der Waals surface area (Å²) in [7, 11) is -3.21. The second-order valence-electron chi connectivity index (χ2n) is 10.5. The third-order valence-electron chi connectivity index (χ3n) is 7.41. The number of aliphatic hydroxyl groups is 1. The van der Waals surface area contributed by atoms with Gasteiger partial charge in [0, 0.05) is 38.5 Å². The number of fused-ring (bicyclic) bond motifs is 1. The van der Waals surface area contributed by atoms with Crippen LogP contribution in [0, 0.1) is 0 Å². The Kier molecular flexibility index (Phi) is 7.27. The van der Waals surface area contributed by atoms with Crippen LogP contribution in [0.1, 0.15) is 62.5 Å². The first-order valence-electron chi connectivity index (χ1n) is 13.1. The van der Waals surface area contributed by atoms with Crippen LogP contribution < -0.4 is 9.64 Å². The first kappa shape index (κ1) is 25.7. The van der Waals surface area contributed by atoms with Gasteiger partial charge >= 0.3 is 0 Å². The van der Waals surface area contributed by atoms with Gasteiger partial charge in [-0.1, -0.05) is 44.2 Å². The summed E-state index contributed by atoms with van der Waals surface area (Å²) in [6, 6.07) is 14.0. The molecule has 1 N–H and O–H groups in total. The average Bonchev–Trinajstić information content (AvgIpc) is 3.39. The molecule has 0 unspecified atom stereocenters. The molecule has 0 aliphatic carbocycles. The van der Waals surface area contributed by atoms with Crippen LogP contribution >= 0.6 is 0 Å². The van der Waals surface area contributed by atoms with E-state index in [0.29, 0.717) is 11.8 Å². The minimum atomic E-state index is -3.21. The number of piperidine rings is 1. The molecule has 2 aliphatic rings. The molecule has 1 aromatic heterocycles. The van der Waals surface area contributed by atoms with Gasteiger partial charge in [0.05, 0.1) is 11.5 Å². The van der Waals surface area contributed by atoms with E-state index in [2.05, 4.69) is 33.2 Å². The summed E-state index contributed by atoms with van der Waals surface area (Å²) in [5, 5.41) is 13.1. The van der Waals surface area contributed by atoms with Gasteiger partial charge in [-0.05, 0) is 58.8 Å². The lowest BCUT2D eigenvalue weighted by Gasteiger charge is -2.44. The fourth-order valence-electron chi connectivity index (χ4n) is 5.16. The molecule has 2 aromatic carbocycles. The number of sulfone groups is 1. The molecule has 0 amide bonds. The molecule has 37 heavy (non-hydrogen) atoms. The zero-order valence-corrected chi connectivity index (χ0v) is 22.3. The molecule has 3 heterocycles. The predicted octanol–water partition coefficient (Wildman–Crippen LogP) is 4.52. The van der Waals surface area contributed by atoms with Crippen LogP contribution in [0.3, 0.4) is 0 Å². The summed E-state index contributed by atoms with van der Waals surface area (Å²) in [6.07, 6.45) is 4.05. The number of anilines is 1. The molecule has 0 atom stereocenters. The largest absolute Gasteiger partial charge is 0.487 e. The van der Waals surface area contributed by atoms with E-state index in [-0.39, 0.29) is 36.1 Å². The van der Waals surface area contributed by atoms with Crippen LogP contribution in [-0.4, -0.2) is 54.7 Å². The molecule has 1 fully saturated rings. The van der Waals surface area contributed by atoms with Crippen LogP contribution in [-0.2, 0) is 22.0 Å². The minimum absolute atomic E-state index is 0.00354. The van der Waals surface area contributed by atoms with Gasteiger partial charge in [-0.15, -0.1) is 0 Å². The number of hydrogen-bond donors (Lipinski definition) is 1. The molecule has 1 spiro atoms. The molecule has 1 saturated heterocycles. The SMILES string of the molecule is CC(C)c1nc(N2CCC3(CCc4cc(-c5ccc(CS(=O)(=O)CCCO)cc5)ccc4O3)CC2)no1. The van der Waals surface area contributed by atoms with E-state index in [1.165, 1.54) is 5.56 Å². The van der Waals surface area contributed by atoms with Crippen molar-refractivity contribution in [1.82, 2.24) is 10.1 Å². The normalized spacial score (nSPS) is 17.1. The van der Waals surface area contributed by atoms with Gasteiger partial charge in [-0.3, -0.25) is 0 Å². The lowest BCUT2D eigenvalue weighted by Crippen LogP contribution is -2.50. The monoisotopic (exact) mass is 525 g/mol. The zero-order valence-electron chi connectivity index (χ0n) is 21.5. The predicted molar refractivity (Wildman–Crippen MR) is 143 cm³/mol. The second-order valence-corrected chi connectivity index (χ2v) is 12.7. The standard InChI is InChI=1S/C28H35N3O5S/c1-20(2)26-29-27(30-36-26)31-14-12-28(13-15-31)11-10-24-18-23(8-9-25(24)35-28)22-6-4-21(5-7-22)19-37(33,34)17-3-16-32/h4-9,18,20,32H,3,10-17,19H2,1-2H3. The third-order valence-corrected chi connectivity index (χ3v) is 9.09. The Bertz CT molecular complexity index is 1330. The van der Waals surface area contributed by atoms with E-state index in [4.69, 9.17) is 14.4 Å². The second kappa shape index (κ2) is 10.5. The van der Waals surface area contributed by atoms with Gasteiger partial charge in [0.15, 0.2) is 9.84 Å². The van der Waals surface area contributed by atoms with Crippen molar-refractivity contribution in [3.8, 4) is 16.9 Å². The highest BCUT2D eigenvalue weighted by Crippen LogP contribution is 2.41. The maximum absolute atomic E-state index is 12.2. The maximum atomic E-state index is 12.2. The van der Waals surface area contributed by atoms with Crippen molar-refractivity contribution in [3.63, 3.8) is 0 Å². The first-order valence-corrected chi connectivity index (χ1v) is 14.9. The van der Waals surface area contributed by atoms with Crippen molar-refractivity contribution in [3.05, 3.63) is 59.5 Å². The van der Waals surface area contributed by atoms with Crippen molar-refractivity contribution in [2.24, 2.45) is 0 Å². The fraction of sp³-hybridized carbons (Fsp3) is 0.500. The zero-order chi connectivity index (χ0) is 26.0. The van der Waals surface area contributed by atoms with Gasteiger partial charge in [0.2, 0.25) is 5.89 Å². The molecule has 198 valence electrons. The molecule has 9 heteroatoms. The Morgan fingerprint density at radius 3 is 2.46 bits per heavy atom. The van der Waals surface area contributed by atoms with Crippen molar-refractivity contribution >= 4 is 15.8 Å². The highest BCUT2D eigenvalue weighted by molar-refractivity contribution is 7.90. The van der Waals surface area contributed by atoms with Crippen molar-refractivity contribution < 1.29 is 22.8 Å². The summed E-state index contributed by atoms with van der Waals surface area (Å²) >= 11 is 0. The Morgan fingerprint density at radius 1 is 1.05 bits per heavy atom. The molecule has 2 aliphatic heterocycles. The summed E-state index contributed by atoms with van der Waals surface area (Å²) < 4.78 is 36.4. The van der Waals surface area contributed by atoms with Crippen LogP contribution in [0.2, 0.25) is 0 Å². The molecule has 8 nitrogen and oxygen atoms in total. The van der Waals surface area contributed by atoms with Crippen molar-refractivity contribution in [1.29, 1.82) is 0 Å². The smallest absolute Gasteiger partial charge is 0.266 e. The molecular weight excluding hydrogens is 490 g/mol. The van der Waals surface area contributed by atoms with Gasteiger partial charge < -0.3 is 19.3 Å². The van der Waals surface area contributed by atoms with Gasteiger partial charge in [-0.2, -0.15) is 4.98 Å². The quantitative estimate of drug-likeness (QED) is 0.458. The highest BCUT2D eigenvalue weighted by atomic mass is 32.2. The number of hydrogen-bond acceptors (Lipinski definition) is 8. The lowest BCUT2D eigenvalue weighted by molar-refractivity contribution is 0.0223. The number of aromatic nitrogens is 2. The molecule has 0 bridgehead atoms. The summed E-state index contributed by atoms with van der Waals surface area (Å²) in [4.78, 5) is 6.73. The first-order chi connectivity index (χ1) is 17.8. The number of benzene rings is 2. The molecular formula is C28H35N3O5S. The van der Waals surface area contributed by atoms with Crippen LogP contribution in [0.25, 0.3) is 11.1 Å². The summed E-state index contributed by atoms with van der Waals surface area (Å²) in [6.45, 7) is 5.66. The van der Waals surface area contributed by atoms with Crippen LogP contribution in [0.5, 0.6) is 5.75 Å². The molecule has 3 aromatic rings. The molecule has 5 rings (SSSR count). The van der Waals surface area contributed by atoms with Gasteiger partial charge in [0.1, 0.15) is 11.4 Å². The maximum Gasteiger partial charge on any atom is 0.266 e. The Labute approximate surface area is 218 Å². The third kappa shape index (κ3) is 5.83. The van der Waals surface area contributed by atoms with E-state index < -0.39 is 9.84 Å². The Morgan fingerprint density at radius 2 is 1.78 bits per heavy atom. The number of rotatable bonds is 8. The average molecular weight is 526 g/mol. The van der Waals surface area contributed by atoms with Gasteiger partial charge in [-0.25, -0.2) is 8.42 Å². The number of nitrogens with zero attached hydrogens (tertiary/aromatic N) is 3. The highest BCUT2D eigenvalue weighted by Gasteiger charge is 2.40. The van der Waals surface area contributed by atoms with E-state index in [0.717, 1.165) is 61.2 Å². The topological polar surface area (TPSA) is 106 Å². The molecule has 0 radical (unpaired) electrons. The fourth-order valence-corrected chi connectivity index (χ4v) is 6.57. The van der Waals surface area contributed by atoms with Crippen LogP contribution in [0.15, 0.2) is 47.0 Å². The number of aryl methyl sites for hydroxylation is 1. The van der Waals surface area contributed by atoms with Crippen molar-refractivity contribution in [2.75, 3.05) is 30.3 Å². The Hall–Kier alpha value is -2.91. The minimum Gasteiger partial charge on any atom is -0.487 e. The number of aliphatic hydroxyl groups excluding tert-OH is 1. The number of ether oxygens (including phenoxy) is 1. The lowest BCUT2D eigenvalue weighted by atomic mass is 9.82. The Balaban J connectivity index is 1.22. The molecule has 0 saturated carbocycles. The van der Waals surface area contributed by atoms with E-state index in [1.54, 1.807) is 0 Å².